The minimum absolute atomic E-state index is 0.0483. The van der Waals surface area contributed by atoms with Gasteiger partial charge in [0.15, 0.2) is 0 Å². The summed E-state index contributed by atoms with van der Waals surface area (Å²) in [5.41, 5.74) is 16.3. The maximum atomic E-state index is 9.13. The quantitative estimate of drug-likeness (QED) is 0.133. The Kier molecular flexibility index (Phi) is 5.64. The van der Waals surface area contributed by atoms with Crippen LogP contribution in [0.15, 0.2) is 65.8 Å². The van der Waals surface area contributed by atoms with Gasteiger partial charge in [0.2, 0.25) is 0 Å². The molecule has 0 spiro atoms. The minimum Gasteiger partial charge on any atom is -0.382 e. The molecule has 0 bridgehead atoms. The Bertz CT molecular complexity index is 1310. The van der Waals surface area contributed by atoms with Crippen LogP contribution in [0.1, 0.15) is 24.0 Å². The highest BCUT2D eigenvalue weighted by Crippen LogP contribution is 2.51. The van der Waals surface area contributed by atoms with E-state index in [2.05, 4.69) is 47.3 Å². The zero-order chi connectivity index (χ0) is 22.1. The average molecular weight is 443 g/mol. The molecule has 0 aliphatic heterocycles. The Morgan fingerprint density at radius 1 is 1.09 bits per heavy atom. The molecule has 3 aromatic carbocycles. The summed E-state index contributed by atoms with van der Waals surface area (Å²) in [4.78, 5) is 7.90. The molecule has 1 heterocycles. The van der Waals surface area contributed by atoms with Crippen LogP contribution in [-0.2, 0) is 9.47 Å². The van der Waals surface area contributed by atoms with Crippen LogP contribution in [0.4, 0.5) is 5.69 Å². The first-order chi connectivity index (χ1) is 15.7. The molecule has 1 aromatic heterocycles. The van der Waals surface area contributed by atoms with Crippen LogP contribution in [0.2, 0.25) is 0 Å². The smallest absolute Gasteiger partial charge is 0.124 e. The summed E-state index contributed by atoms with van der Waals surface area (Å²) >= 11 is 1.69. The number of aromatic nitrogens is 1. The van der Waals surface area contributed by atoms with Gasteiger partial charge in [-0.1, -0.05) is 47.6 Å². The summed E-state index contributed by atoms with van der Waals surface area (Å²) in [7, 11) is 1.66. The molecule has 0 saturated heterocycles. The number of ether oxygens (including phenoxy) is 2. The van der Waals surface area contributed by atoms with Crippen molar-refractivity contribution >= 4 is 27.2 Å². The topological polar surface area (TPSA) is 80.1 Å². The Morgan fingerprint density at radius 3 is 2.78 bits per heavy atom. The van der Waals surface area contributed by atoms with Gasteiger partial charge >= 0.3 is 0 Å². The molecule has 6 nitrogen and oxygen atoms in total. The van der Waals surface area contributed by atoms with Crippen molar-refractivity contribution in [2.45, 2.75) is 18.9 Å². The second-order valence-corrected chi connectivity index (χ2v) is 8.79. The molecule has 1 aliphatic rings. The van der Waals surface area contributed by atoms with Crippen molar-refractivity contribution in [2.24, 2.45) is 5.11 Å². The lowest BCUT2D eigenvalue weighted by Gasteiger charge is -2.23. The summed E-state index contributed by atoms with van der Waals surface area (Å²) in [6, 6.07) is 20.6. The van der Waals surface area contributed by atoms with Gasteiger partial charge in [-0.05, 0) is 52.9 Å². The summed E-state index contributed by atoms with van der Waals surface area (Å²) in [6.45, 7) is 3.09. The minimum atomic E-state index is -0.120. The van der Waals surface area contributed by atoms with Crippen molar-refractivity contribution in [3.63, 3.8) is 0 Å². The van der Waals surface area contributed by atoms with Gasteiger partial charge in [0, 0.05) is 29.2 Å². The van der Waals surface area contributed by atoms with E-state index >= 15 is 0 Å². The van der Waals surface area contributed by atoms with Gasteiger partial charge in [-0.2, -0.15) is 0 Å². The third-order valence-electron chi connectivity index (χ3n) is 5.90. The number of azide groups is 1. The standard InChI is InChI=1S/C25H22N4O2S/c1-15(31-13-12-30-2)23-19-14-16(25-27-20-7-3-4-9-22(20)32-25)10-11-17(19)18-6-5-8-21(24(18)23)28-29-26/h3-11,14-15,23H,12-13H2,1-2H3. The summed E-state index contributed by atoms with van der Waals surface area (Å²) < 4.78 is 12.5. The number of para-hydroxylation sites is 1. The first kappa shape index (κ1) is 20.7. The Hall–Kier alpha value is -3.22. The molecule has 0 fully saturated rings. The van der Waals surface area contributed by atoms with Crippen molar-refractivity contribution in [2.75, 3.05) is 20.3 Å². The monoisotopic (exact) mass is 442 g/mol. The SMILES string of the molecule is COCCOC(C)C1c2cc(-c3nc4ccccc4s3)ccc2-c2cccc(N=[N+]=[N-])c21. The fraction of sp³-hybridized carbons (Fsp3) is 0.240. The number of hydrogen-bond acceptors (Lipinski definition) is 5. The summed E-state index contributed by atoms with van der Waals surface area (Å²) in [5.74, 6) is -0.0483. The second kappa shape index (κ2) is 8.73. The average Bonchev–Trinajstić information content (AvgIpc) is 3.39. The van der Waals surface area contributed by atoms with Crippen molar-refractivity contribution in [3.05, 3.63) is 82.2 Å². The predicted octanol–water partition coefficient (Wildman–Crippen LogP) is 7.07. The highest BCUT2D eigenvalue weighted by Gasteiger charge is 2.35. The van der Waals surface area contributed by atoms with Crippen LogP contribution < -0.4 is 0 Å². The predicted molar refractivity (Wildman–Crippen MR) is 128 cm³/mol. The summed E-state index contributed by atoms with van der Waals surface area (Å²) in [5, 5.41) is 4.98. The van der Waals surface area contributed by atoms with Crippen molar-refractivity contribution < 1.29 is 9.47 Å². The molecule has 0 amide bonds. The van der Waals surface area contributed by atoms with Crippen LogP contribution in [0.25, 0.3) is 42.4 Å². The number of fused-ring (bicyclic) bond motifs is 4. The third-order valence-corrected chi connectivity index (χ3v) is 6.99. The van der Waals surface area contributed by atoms with Gasteiger partial charge in [-0.3, -0.25) is 0 Å². The largest absolute Gasteiger partial charge is 0.382 e. The van der Waals surface area contributed by atoms with E-state index in [0.717, 1.165) is 32.8 Å². The van der Waals surface area contributed by atoms with E-state index < -0.39 is 0 Å². The molecule has 2 atom stereocenters. The highest BCUT2D eigenvalue weighted by molar-refractivity contribution is 7.21. The fourth-order valence-corrected chi connectivity index (χ4v) is 5.46. The molecular weight excluding hydrogens is 420 g/mol. The van der Waals surface area contributed by atoms with Gasteiger partial charge in [-0.25, -0.2) is 4.98 Å². The number of methoxy groups -OCH3 is 1. The number of thiazole rings is 1. The number of benzene rings is 3. The van der Waals surface area contributed by atoms with Crippen LogP contribution in [-0.4, -0.2) is 31.4 Å². The number of rotatable bonds is 7. The fourth-order valence-electron chi connectivity index (χ4n) is 4.50. The molecule has 32 heavy (non-hydrogen) atoms. The van der Waals surface area contributed by atoms with Gasteiger partial charge in [0.1, 0.15) is 5.01 Å². The van der Waals surface area contributed by atoms with E-state index in [4.69, 9.17) is 20.0 Å². The van der Waals surface area contributed by atoms with E-state index in [9.17, 15) is 0 Å². The molecule has 4 aromatic rings. The molecule has 1 aliphatic carbocycles. The van der Waals surface area contributed by atoms with Crippen molar-refractivity contribution in [1.29, 1.82) is 0 Å². The molecular formula is C25H22N4O2S. The Morgan fingerprint density at radius 2 is 1.97 bits per heavy atom. The lowest BCUT2D eigenvalue weighted by atomic mass is 9.90. The van der Waals surface area contributed by atoms with Gasteiger partial charge in [-0.15, -0.1) is 11.3 Å². The van der Waals surface area contributed by atoms with E-state index in [1.54, 1.807) is 18.4 Å². The van der Waals surface area contributed by atoms with E-state index in [-0.39, 0.29) is 12.0 Å². The van der Waals surface area contributed by atoms with Crippen molar-refractivity contribution in [1.82, 2.24) is 4.98 Å². The zero-order valence-electron chi connectivity index (χ0n) is 17.9. The molecule has 0 radical (unpaired) electrons. The molecule has 0 N–H and O–H groups in total. The first-order valence-corrected chi connectivity index (χ1v) is 11.3. The summed E-state index contributed by atoms with van der Waals surface area (Å²) in [6.07, 6.45) is -0.120. The third kappa shape index (κ3) is 3.55. The van der Waals surface area contributed by atoms with E-state index in [1.165, 1.54) is 10.3 Å². The molecule has 160 valence electrons. The maximum Gasteiger partial charge on any atom is 0.124 e. The normalized spacial score (nSPS) is 15.2. The molecule has 7 heteroatoms. The van der Waals surface area contributed by atoms with Crippen LogP contribution in [0.3, 0.4) is 0 Å². The van der Waals surface area contributed by atoms with Gasteiger partial charge in [0.25, 0.3) is 0 Å². The van der Waals surface area contributed by atoms with E-state index in [1.807, 2.05) is 30.3 Å². The Balaban J connectivity index is 1.63. The van der Waals surface area contributed by atoms with Crippen LogP contribution in [0, 0.1) is 0 Å². The molecule has 0 saturated carbocycles. The number of nitrogens with zero attached hydrogens (tertiary/aromatic N) is 4. The Labute approximate surface area is 190 Å². The zero-order valence-corrected chi connectivity index (χ0v) is 18.7. The van der Waals surface area contributed by atoms with E-state index in [0.29, 0.717) is 18.9 Å². The lowest BCUT2D eigenvalue weighted by Crippen LogP contribution is -2.20. The van der Waals surface area contributed by atoms with Gasteiger partial charge < -0.3 is 9.47 Å². The maximum absolute atomic E-state index is 9.13. The van der Waals surface area contributed by atoms with Crippen LogP contribution >= 0.6 is 11.3 Å². The second-order valence-electron chi connectivity index (χ2n) is 7.76. The lowest BCUT2D eigenvalue weighted by molar-refractivity contribution is 0.0195. The van der Waals surface area contributed by atoms with Crippen molar-refractivity contribution in [3.8, 4) is 21.7 Å². The highest BCUT2D eigenvalue weighted by atomic mass is 32.1. The first-order valence-electron chi connectivity index (χ1n) is 10.5. The van der Waals surface area contributed by atoms with Gasteiger partial charge in [0.05, 0.1) is 29.5 Å². The number of hydrogen-bond donors (Lipinski definition) is 0. The molecule has 2 unspecified atom stereocenters. The van der Waals surface area contributed by atoms with Crippen LogP contribution in [0.5, 0.6) is 0 Å². The molecule has 5 rings (SSSR count).